The van der Waals surface area contributed by atoms with Crippen LogP contribution in [0.3, 0.4) is 0 Å². The molecule has 0 aromatic rings. The Labute approximate surface area is 99.5 Å². The molecule has 0 saturated heterocycles. The van der Waals surface area contributed by atoms with Crippen molar-refractivity contribution in [1.29, 1.82) is 0 Å². The summed E-state index contributed by atoms with van der Waals surface area (Å²) in [4.78, 5) is 0. The van der Waals surface area contributed by atoms with Gasteiger partial charge >= 0.3 is 0 Å². The van der Waals surface area contributed by atoms with Gasteiger partial charge < -0.3 is 15.3 Å². The molecule has 0 radical (unpaired) electrons. The molecule has 3 nitrogen and oxygen atoms in total. The maximum absolute atomic E-state index is 9.97. The van der Waals surface area contributed by atoms with Crippen molar-refractivity contribution in [2.24, 2.45) is 11.8 Å². The van der Waals surface area contributed by atoms with Crippen molar-refractivity contribution in [3.63, 3.8) is 0 Å². The zero-order chi connectivity index (χ0) is 12.6. The molecule has 0 aromatic heterocycles. The van der Waals surface area contributed by atoms with Crippen LogP contribution < -0.4 is 0 Å². The van der Waals surface area contributed by atoms with E-state index in [0.29, 0.717) is 5.92 Å². The zero-order valence-corrected chi connectivity index (χ0v) is 10.9. The molecule has 0 aromatic carbocycles. The quantitative estimate of drug-likeness (QED) is 0.569. The van der Waals surface area contributed by atoms with E-state index in [-0.39, 0.29) is 12.5 Å². The van der Waals surface area contributed by atoms with Crippen LogP contribution in [-0.4, -0.2) is 34.1 Å². The molecule has 3 heteroatoms. The van der Waals surface area contributed by atoms with Crippen LogP contribution in [0.25, 0.3) is 0 Å². The molecule has 0 fully saturated rings. The van der Waals surface area contributed by atoms with Gasteiger partial charge in [-0.15, -0.1) is 0 Å². The molecular weight excluding hydrogens is 204 g/mol. The summed E-state index contributed by atoms with van der Waals surface area (Å²) in [5, 5.41) is 28.3. The summed E-state index contributed by atoms with van der Waals surface area (Å²) in [5.74, 6) is 0.542. The first-order chi connectivity index (χ1) is 7.62. The van der Waals surface area contributed by atoms with Gasteiger partial charge in [0.25, 0.3) is 0 Å². The second-order valence-electron chi connectivity index (χ2n) is 4.62. The van der Waals surface area contributed by atoms with E-state index < -0.39 is 12.2 Å². The number of aliphatic hydroxyl groups is 3. The van der Waals surface area contributed by atoms with Crippen molar-refractivity contribution in [2.75, 3.05) is 6.61 Å². The molecule has 0 amide bonds. The van der Waals surface area contributed by atoms with Gasteiger partial charge in [0.05, 0.1) is 12.7 Å². The average molecular weight is 232 g/mol. The SMILES string of the molecule is CCCCC(CC)C(CC)C(O)C(O)CO. The van der Waals surface area contributed by atoms with E-state index in [9.17, 15) is 10.2 Å². The standard InChI is InChI=1S/C13H28O3/c1-4-7-8-10(5-2)11(6-3)13(16)12(15)9-14/h10-16H,4-9H2,1-3H3. The van der Waals surface area contributed by atoms with Gasteiger partial charge in [-0.05, 0) is 11.8 Å². The van der Waals surface area contributed by atoms with Gasteiger partial charge in [0.1, 0.15) is 6.10 Å². The average Bonchev–Trinajstić information content (AvgIpc) is 2.32. The van der Waals surface area contributed by atoms with Crippen LogP contribution in [0.5, 0.6) is 0 Å². The minimum atomic E-state index is -0.999. The highest BCUT2D eigenvalue weighted by Gasteiger charge is 2.29. The van der Waals surface area contributed by atoms with E-state index in [1.165, 1.54) is 0 Å². The fourth-order valence-electron chi connectivity index (χ4n) is 2.43. The lowest BCUT2D eigenvalue weighted by atomic mass is 9.79. The molecular formula is C13H28O3. The zero-order valence-electron chi connectivity index (χ0n) is 10.9. The molecule has 98 valence electrons. The molecule has 4 unspecified atom stereocenters. The Morgan fingerprint density at radius 2 is 1.62 bits per heavy atom. The summed E-state index contributed by atoms with van der Waals surface area (Å²) in [6, 6.07) is 0. The summed E-state index contributed by atoms with van der Waals surface area (Å²) < 4.78 is 0. The number of hydrogen-bond acceptors (Lipinski definition) is 3. The summed E-state index contributed by atoms with van der Waals surface area (Å²) in [6.07, 6.45) is 3.50. The molecule has 0 aliphatic carbocycles. The Bertz CT molecular complexity index is 161. The van der Waals surface area contributed by atoms with Gasteiger partial charge in [-0.2, -0.15) is 0 Å². The van der Waals surface area contributed by atoms with E-state index in [2.05, 4.69) is 13.8 Å². The first-order valence-electron chi connectivity index (χ1n) is 6.59. The third-order valence-corrected chi connectivity index (χ3v) is 3.55. The highest BCUT2D eigenvalue weighted by atomic mass is 16.4. The Hall–Kier alpha value is -0.120. The minimum Gasteiger partial charge on any atom is -0.394 e. The Morgan fingerprint density at radius 3 is 2.00 bits per heavy atom. The highest BCUT2D eigenvalue weighted by Crippen LogP contribution is 2.29. The van der Waals surface area contributed by atoms with Crippen molar-refractivity contribution in [3.05, 3.63) is 0 Å². The third-order valence-electron chi connectivity index (χ3n) is 3.55. The molecule has 16 heavy (non-hydrogen) atoms. The number of hydrogen-bond donors (Lipinski definition) is 3. The van der Waals surface area contributed by atoms with Gasteiger partial charge in [-0.1, -0.05) is 52.9 Å². The van der Waals surface area contributed by atoms with Crippen molar-refractivity contribution < 1.29 is 15.3 Å². The highest BCUT2D eigenvalue weighted by molar-refractivity contribution is 4.80. The number of rotatable bonds is 9. The van der Waals surface area contributed by atoms with E-state index in [1.807, 2.05) is 6.92 Å². The smallest absolute Gasteiger partial charge is 0.103 e. The van der Waals surface area contributed by atoms with Crippen molar-refractivity contribution in [2.45, 2.75) is 65.1 Å². The lowest BCUT2D eigenvalue weighted by molar-refractivity contribution is -0.0590. The van der Waals surface area contributed by atoms with Crippen LogP contribution >= 0.6 is 0 Å². The molecule has 0 spiro atoms. The van der Waals surface area contributed by atoms with Crippen LogP contribution in [0.2, 0.25) is 0 Å². The maximum Gasteiger partial charge on any atom is 0.103 e. The van der Waals surface area contributed by atoms with Crippen molar-refractivity contribution in [1.82, 2.24) is 0 Å². The largest absolute Gasteiger partial charge is 0.394 e. The molecule has 3 N–H and O–H groups in total. The first kappa shape index (κ1) is 15.9. The molecule has 0 aliphatic rings. The van der Waals surface area contributed by atoms with Crippen LogP contribution in [0.15, 0.2) is 0 Å². The number of aliphatic hydroxyl groups excluding tert-OH is 3. The lowest BCUT2D eigenvalue weighted by Gasteiger charge is -2.31. The van der Waals surface area contributed by atoms with E-state index in [0.717, 1.165) is 32.1 Å². The summed E-state index contributed by atoms with van der Waals surface area (Å²) in [5.41, 5.74) is 0. The maximum atomic E-state index is 9.97. The van der Waals surface area contributed by atoms with Gasteiger partial charge in [0.15, 0.2) is 0 Å². The Morgan fingerprint density at radius 1 is 1.00 bits per heavy atom. The molecule has 0 heterocycles. The molecule has 0 aliphatic heterocycles. The minimum absolute atomic E-state index is 0.0960. The van der Waals surface area contributed by atoms with E-state index in [4.69, 9.17) is 5.11 Å². The van der Waals surface area contributed by atoms with Gasteiger partial charge in [0, 0.05) is 0 Å². The molecule has 0 saturated carbocycles. The Kier molecular flexibility index (Phi) is 8.90. The summed E-state index contributed by atoms with van der Waals surface area (Å²) >= 11 is 0. The second-order valence-corrected chi connectivity index (χ2v) is 4.62. The fourth-order valence-corrected chi connectivity index (χ4v) is 2.43. The molecule has 4 atom stereocenters. The first-order valence-corrected chi connectivity index (χ1v) is 6.59. The van der Waals surface area contributed by atoms with Crippen LogP contribution in [-0.2, 0) is 0 Å². The van der Waals surface area contributed by atoms with Crippen LogP contribution in [0.1, 0.15) is 52.9 Å². The van der Waals surface area contributed by atoms with Gasteiger partial charge in [-0.3, -0.25) is 0 Å². The van der Waals surface area contributed by atoms with Crippen molar-refractivity contribution in [3.8, 4) is 0 Å². The normalized spacial score (nSPS) is 19.1. The molecule has 0 rings (SSSR count). The molecule has 0 bridgehead atoms. The van der Waals surface area contributed by atoms with E-state index in [1.54, 1.807) is 0 Å². The number of unbranched alkanes of at least 4 members (excludes halogenated alkanes) is 1. The third kappa shape index (κ3) is 4.81. The van der Waals surface area contributed by atoms with Crippen LogP contribution in [0.4, 0.5) is 0 Å². The second kappa shape index (κ2) is 8.97. The van der Waals surface area contributed by atoms with Crippen LogP contribution in [0, 0.1) is 11.8 Å². The summed E-state index contributed by atoms with van der Waals surface area (Å²) in [7, 11) is 0. The van der Waals surface area contributed by atoms with Crippen molar-refractivity contribution >= 4 is 0 Å². The summed E-state index contributed by atoms with van der Waals surface area (Å²) in [6.45, 7) is 5.96. The monoisotopic (exact) mass is 232 g/mol. The predicted molar refractivity (Wildman–Crippen MR) is 66.2 cm³/mol. The van der Waals surface area contributed by atoms with E-state index >= 15 is 0 Å². The lowest BCUT2D eigenvalue weighted by Crippen LogP contribution is -2.39. The van der Waals surface area contributed by atoms with Gasteiger partial charge in [0.2, 0.25) is 0 Å². The topological polar surface area (TPSA) is 60.7 Å². The Balaban J connectivity index is 4.40. The predicted octanol–water partition coefficient (Wildman–Crippen LogP) is 1.94. The fraction of sp³-hybridized carbons (Fsp3) is 1.00. The van der Waals surface area contributed by atoms with Gasteiger partial charge in [-0.25, -0.2) is 0 Å².